The topological polar surface area (TPSA) is 55.3 Å². The fraction of sp³-hybridized carbons (Fsp3) is 0.455. The van der Waals surface area contributed by atoms with Crippen LogP contribution < -0.4 is 16.4 Å². The smallest absolute Gasteiger partial charge is 0.0650 e. The Bertz CT molecular complexity index is 317. The van der Waals surface area contributed by atoms with Crippen LogP contribution in [0, 0.1) is 6.92 Å². The molecule has 1 aromatic rings. The van der Waals surface area contributed by atoms with Gasteiger partial charge < -0.3 is 16.4 Å². The zero-order valence-corrected chi connectivity index (χ0v) is 9.17. The first-order valence-electron chi connectivity index (χ1n) is 5.01. The molecule has 0 amide bonds. The second kappa shape index (κ2) is 4.22. The number of hydrogen-bond acceptors (Lipinski definition) is 3. The van der Waals surface area contributed by atoms with Crippen LogP contribution in [0.4, 0.5) is 17.1 Å². The molecule has 0 fully saturated rings. The molecule has 0 radical (unpaired) electrons. The molecule has 0 aliphatic rings. The first-order valence-corrected chi connectivity index (χ1v) is 5.01. The monoisotopic (exact) mass is 193 g/mol. The van der Waals surface area contributed by atoms with Crippen molar-refractivity contribution in [1.29, 1.82) is 0 Å². The molecule has 0 saturated heterocycles. The normalized spacial score (nSPS) is 10.2. The van der Waals surface area contributed by atoms with Gasteiger partial charge in [0.1, 0.15) is 0 Å². The Morgan fingerprint density at radius 1 is 1.07 bits per heavy atom. The summed E-state index contributed by atoms with van der Waals surface area (Å²) in [4.78, 5) is 2.22. The minimum absolute atomic E-state index is 0.806. The standard InChI is InChI=1S/C11H19N3/c1-4-14(5-2)11-8(3)9(12)6-7-10(11)13/h6-7H,4-5,12-13H2,1-3H3. The molecule has 4 N–H and O–H groups in total. The van der Waals surface area contributed by atoms with Crippen LogP contribution in [0.3, 0.4) is 0 Å². The van der Waals surface area contributed by atoms with Gasteiger partial charge in [-0.05, 0) is 38.5 Å². The van der Waals surface area contributed by atoms with Gasteiger partial charge in [-0.3, -0.25) is 0 Å². The summed E-state index contributed by atoms with van der Waals surface area (Å²) in [7, 11) is 0. The summed E-state index contributed by atoms with van der Waals surface area (Å²) in [6.45, 7) is 8.15. The van der Waals surface area contributed by atoms with E-state index in [2.05, 4.69) is 18.7 Å². The molecule has 78 valence electrons. The molecular weight excluding hydrogens is 174 g/mol. The molecular formula is C11H19N3. The van der Waals surface area contributed by atoms with Crippen molar-refractivity contribution in [3.8, 4) is 0 Å². The molecule has 0 aliphatic heterocycles. The first-order chi connectivity index (χ1) is 6.61. The van der Waals surface area contributed by atoms with Crippen molar-refractivity contribution in [2.24, 2.45) is 0 Å². The maximum atomic E-state index is 5.95. The van der Waals surface area contributed by atoms with E-state index in [9.17, 15) is 0 Å². The third kappa shape index (κ3) is 1.76. The average molecular weight is 193 g/mol. The van der Waals surface area contributed by atoms with Crippen LogP contribution in [0.25, 0.3) is 0 Å². The van der Waals surface area contributed by atoms with Crippen LogP contribution in [0.5, 0.6) is 0 Å². The van der Waals surface area contributed by atoms with Crippen LogP contribution in [0.15, 0.2) is 12.1 Å². The molecule has 0 atom stereocenters. The molecule has 0 saturated carbocycles. The van der Waals surface area contributed by atoms with E-state index >= 15 is 0 Å². The minimum Gasteiger partial charge on any atom is -0.398 e. The van der Waals surface area contributed by atoms with Crippen LogP contribution in [0.1, 0.15) is 19.4 Å². The van der Waals surface area contributed by atoms with Crippen molar-refractivity contribution in [1.82, 2.24) is 0 Å². The maximum Gasteiger partial charge on any atom is 0.0650 e. The lowest BCUT2D eigenvalue weighted by atomic mass is 10.1. The lowest BCUT2D eigenvalue weighted by Gasteiger charge is -2.25. The number of nitrogens with two attached hydrogens (primary N) is 2. The Balaban J connectivity index is 3.23. The van der Waals surface area contributed by atoms with Crippen LogP contribution in [-0.4, -0.2) is 13.1 Å². The lowest BCUT2D eigenvalue weighted by molar-refractivity contribution is 0.864. The summed E-state index contributed by atoms with van der Waals surface area (Å²) in [5, 5.41) is 0. The number of anilines is 3. The van der Waals surface area contributed by atoms with Gasteiger partial charge in [0.25, 0.3) is 0 Å². The van der Waals surface area contributed by atoms with Gasteiger partial charge in [0.2, 0.25) is 0 Å². The quantitative estimate of drug-likeness (QED) is 0.722. The van der Waals surface area contributed by atoms with Gasteiger partial charge in [-0.2, -0.15) is 0 Å². The van der Waals surface area contributed by atoms with Gasteiger partial charge in [0, 0.05) is 18.8 Å². The van der Waals surface area contributed by atoms with Crippen molar-refractivity contribution in [3.63, 3.8) is 0 Å². The van der Waals surface area contributed by atoms with Crippen molar-refractivity contribution in [2.45, 2.75) is 20.8 Å². The first kappa shape index (κ1) is 10.7. The summed E-state index contributed by atoms with van der Waals surface area (Å²) < 4.78 is 0. The number of nitrogens with zero attached hydrogens (tertiary/aromatic N) is 1. The molecule has 0 aromatic heterocycles. The fourth-order valence-electron chi connectivity index (χ4n) is 1.70. The van der Waals surface area contributed by atoms with E-state index in [0.29, 0.717) is 0 Å². The van der Waals surface area contributed by atoms with Gasteiger partial charge in [-0.15, -0.1) is 0 Å². The largest absolute Gasteiger partial charge is 0.398 e. The van der Waals surface area contributed by atoms with Gasteiger partial charge in [-0.25, -0.2) is 0 Å². The number of hydrogen-bond donors (Lipinski definition) is 2. The highest BCUT2D eigenvalue weighted by atomic mass is 15.1. The molecule has 0 unspecified atom stereocenters. The highest BCUT2D eigenvalue weighted by molar-refractivity contribution is 5.77. The van der Waals surface area contributed by atoms with Gasteiger partial charge in [0.05, 0.1) is 11.4 Å². The Hall–Kier alpha value is -1.38. The Labute approximate surface area is 85.7 Å². The molecule has 3 heteroatoms. The third-order valence-corrected chi connectivity index (χ3v) is 2.58. The number of rotatable bonds is 3. The Kier molecular flexibility index (Phi) is 3.23. The number of benzene rings is 1. The molecule has 3 nitrogen and oxygen atoms in total. The summed E-state index contributed by atoms with van der Waals surface area (Å²) >= 11 is 0. The van der Waals surface area contributed by atoms with E-state index < -0.39 is 0 Å². The van der Waals surface area contributed by atoms with Gasteiger partial charge >= 0.3 is 0 Å². The van der Waals surface area contributed by atoms with E-state index in [0.717, 1.165) is 35.7 Å². The van der Waals surface area contributed by atoms with Crippen LogP contribution >= 0.6 is 0 Å². The number of nitrogen functional groups attached to an aromatic ring is 2. The summed E-state index contributed by atoms with van der Waals surface area (Å²) in [6.07, 6.45) is 0. The zero-order chi connectivity index (χ0) is 10.7. The summed E-state index contributed by atoms with van der Waals surface area (Å²) in [6, 6.07) is 3.73. The predicted molar refractivity (Wildman–Crippen MR) is 63.6 cm³/mol. The van der Waals surface area contributed by atoms with E-state index in [1.807, 2.05) is 19.1 Å². The van der Waals surface area contributed by atoms with Crippen molar-refractivity contribution in [3.05, 3.63) is 17.7 Å². The Morgan fingerprint density at radius 3 is 2.07 bits per heavy atom. The van der Waals surface area contributed by atoms with E-state index in [1.54, 1.807) is 0 Å². The highest BCUT2D eigenvalue weighted by Crippen LogP contribution is 2.31. The second-order valence-corrected chi connectivity index (χ2v) is 3.39. The SMILES string of the molecule is CCN(CC)c1c(N)ccc(N)c1C. The lowest BCUT2D eigenvalue weighted by Crippen LogP contribution is -2.24. The third-order valence-electron chi connectivity index (χ3n) is 2.58. The van der Waals surface area contributed by atoms with Crippen LogP contribution in [0.2, 0.25) is 0 Å². The molecule has 1 rings (SSSR count). The minimum atomic E-state index is 0.806. The van der Waals surface area contributed by atoms with Gasteiger partial charge in [0.15, 0.2) is 0 Å². The molecule has 0 bridgehead atoms. The molecule has 0 spiro atoms. The van der Waals surface area contributed by atoms with E-state index in [1.165, 1.54) is 0 Å². The molecule has 0 heterocycles. The van der Waals surface area contributed by atoms with E-state index in [-0.39, 0.29) is 0 Å². The zero-order valence-electron chi connectivity index (χ0n) is 9.17. The highest BCUT2D eigenvalue weighted by Gasteiger charge is 2.11. The molecule has 14 heavy (non-hydrogen) atoms. The average Bonchev–Trinajstić information content (AvgIpc) is 2.19. The fourth-order valence-corrected chi connectivity index (χ4v) is 1.70. The summed E-state index contributed by atoms with van der Waals surface area (Å²) in [5.74, 6) is 0. The summed E-state index contributed by atoms with van der Waals surface area (Å²) in [5.41, 5.74) is 15.6. The van der Waals surface area contributed by atoms with Crippen molar-refractivity contribution in [2.75, 3.05) is 29.5 Å². The van der Waals surface area contributed by atoms with Gasteiger partial charge in [-0.1, -0.05) is 0 Å². The van der Waals surface area contributed by atoms with E-state index in [4.69, 9.17) is 11.5 Å². The van der Waals surface area contributed by atoms with Crippen molar-refractivity contribution >= 4 is 17.1 Å². The van der Waals surface area contributed by atoms with Crippen LogP contribution in [-0.2, 0) is 0 Å². The Morgan fingerprint density at radius 2 is 1.57 bits per heavy atom. The second-order valence-electron chi connectivity index (χ2n) is 3.39. The predicted octanol–water partition coefficient (Wildman–Crippen LogP) is 2.01. The van der Waals surface area contributed by atoms with Crippen molar-refractivity contribution < 1.29 is 0 Å². The molecule has 0 aliphatic carbocycles. The molecule has 1 aromatic carbocycles. The maximum absolute atomic E-state index is 5.95.